The number of benzene rings is 1. The van der Waals surface area contributed by atoms with Crippen molar-refractivity contribution in [2.75, 3.05) is 0 Å². The summed E-state index contributed by atoms with van der Waals surface area (Å²) in [5, 5.41) is 2.78. The van der Waals surface area contributed by atoms with E-state index in [1.54, 1.807) is 0 Å². The van der Waals surface area contributed by atoms with Gasteiger partial charge in [0.2, 0.25) is 0 Å². The first-order valence-corrected chi connectivity index (χ1v) is 9.49. The van der Waals surface area contributed by atoms with Crippen LogP contribution in [0.2, 0.25) is 0 Å². The molecule has 0 aromatic heterocycles. The molecule has 21 heavy (non-hydrogen) atoms. The quantitative estimate of drug-likeness (QED) is 0.792. The molecule has 1 fully saturated rings. The Balaban J connectivity index is 2.40. The Morgan fingerprint density at radius 2 is 1.95 bits per heavy atom. The Kier molecular flexibility index (Phi) is 4.66. The first-order chi connectivity index (χ1) is 9.62. The van der Waals surface area contributed by atoms with Crippen molar-refractivity contribution in [3.05, 3.63) is 28.0 Å². The summed E-state index contributed by atoms with van der Waals surface area (Å²) in [5.74, 6) is -1.77. The minimum atomic E-state index is -4.27. The van der Waals surface area contributed by atoms with Crippen LogP contribution in [0.25, 0.3) is 0 Å². The van der Waals surface area contributed by atoms with E-state index in [-0.39, 0.29) is 15.6 Å². The molecule has 1 N–H and O–H groups in total. The maximum Gasteiger partial charge on any atom is 0.264 e. The van der Waals surface area contributed by atoms with E-state index in [9.17, 15) is 17.6 Å². The molecule has 8 heteroatoms. The summed E-state index contributed by atoms with van der Waals surface area (Å²) >= 11 is 3.06. The van der Waals surface area contributed by atoms with Crippen LogP contribution < -0.4 is 5.32 Å². The normalized spacial score (nSPS) is 17.7. The van der Waals surface area contributed by atoms with Crippen LogP contribution >= 0.6 is 26.6 Å². The zero-order chi connectivity index (χ0) is 15.8. The minimum absolute atomic E-state index is 0.268. The molecule has 1 aromatic rings. The molecule has 0 unspecified atom stereocenters. The van der Waals surface area contributed by atoms with Crippen molar-refractivity contribution < 1.29 is 17.6 Å². The predicted molar refractivity (Wildman–Crippen MR) is 81.5 cm³/mol. The van der Waals surface area contributed by atoms with Crippen LogP contribution in [0.15, 0.2) is 21.5 Å². The third kappa shape index (κ3) is 3.76. The number of hydrogen-bond donors (Lipinski definition) is 1. The van der Waals surface area contributed by atoms with Gasteiger partial charge in [0.15, 0.2) is 5.82 Å². The standard InChI is InChI=1S/C13H14BrClFNO3S/c1-13(4-2-3-5-13)17-12(18)9-6-8(14)7-10(11(9)16)21(15,19)20/h6-7H,2-5H2,1H3,(H,17,18). The number of hydrogen-bond acceptors (Lipinski definition) is 3. The zero-order valence-electron chi connectivity index (χ0n) is 11.3. The maximum absolute atomic E-state index is 14.3. The molecule has 1 saturated carbocycles. The molecule has 1 aromatic carbocycles. The fraction of sp³-hybridized carbons (Fsp3) is 0.462. The van der Waals surface area contributed by atoms with Crippen molar-refractivity contribution in [3.63, 3.8) is 0 Å². The molecule has 2 rings (SSSR count). The van der Waals surface area contributed by atoms with Gasteiger partial charge in [-0.1, -0.05) is 28.8 Å². The highest BCUT2D eigenvalue weighted by atomic mass is 79.9. The zero-order valence-corrected chi connectivity index (χ0v) is 14.4. The maximum atomic E-state index is 14.3. The lowest BCUT2D eigenvalue weighted by molar-refractivity contribution is 0.0903. The Labute approximate surface area is 135 Å². The lowest BCUT2D eigenvalue weighted by Crippen LogP contribution is -2.44. The van der Waals surface area contributed by atoms with E-state index in [4.69, 9.17) is 10.7 Å². The van der Waals surface area contributed by atoms with Crippen LogP contribution in [0.1, 0.15) is 43.0 Å². The fourth-order valence-corrected chi connectivity index (χ4v) is 4.07. The smallest absolute Gasteiger partial charge is 0.264 e. The van der Waals surface area contributed by atoms with Gasteiger partial charge in [0, 0.05) is 20.7 Å². The Morgan fingerprint density at radius 3 is 2.48 bits per heavy atom. The molecule has 0 heterocycles. The highest BCUT2D eigenvalue weighted by Crippen LogP contribution is 2.31. The third-order valence-electron chi connectivity index (χ3n) is 3.63. The number of rotatable bonds is 3. The van der Waals surface area contributed by atoms with Crippen LogP contribution in [-0.2, 0) is 9.05 Å². The van der Waals surface area contributed by atoms with Crippen LogP contribution in [0.4, 0.5) is 4.39 Å². The van der Waals surface area contributed by atoms with E-state index in [2.05, 4.69) is 21.2 Å². The van der Waals surface area contributed by atoms with Crippen molar-refractivity contribution in [2.45, 2.75) is 43.0 Å². The SMILES string of the molecule is CC1(NC(=O)c2cc(Br)cc(S(=O)(=O)Cl)c2F)CCCC1. The second kappa shape index (κ2) is 5.85. The van der Waals surface area contributed by atoms with Crippen LogP contribution in [-0.4, -0.2) is 19.9 Å². The van der Waals surface area contributed by atoms with E-state index in [1.165, 1.54) is 6.07 Å². The minimum Gasteiger partial charge on any atom is -0.347 e. The molecule has 1 amide bonds. The molecule has 1 aliphatic rings. The van der Waals surface area contributed by atoms with Gasteiger partial charge in [0.25, 0.3) is 15.0 Å². The third-order valence-corrected chi connectivity index (χ3v) is 5.41. The van der Waals surface area contributed by atoms with Crippen molar-refractivity contribution in [2.24, 2.45) is 0 Å². The number of carbonyl (C=O) groups is 1. The van der Waals surface area contributed by atoms with Crippen molar-refractivity contribution in [3.8, 4) is 0 Å². The Bertz CT molecular complexity index is 687. The van der Waals surface area contributed by atoms with Gasteiger partial charge in [-0.15, -0.1) is 0 Å². The molecular formula is C13H14BrClFNO3S. The Morgan fingerprint density at radius 1 is 1.38 bits per heavy atom. The van der Waals surface area contributed by atoms with Gasteiger partial charge in [-0.25, -0.2) is 12.8 Å². The van der Waals surface area contributed by atoms with Gasteiger partial charge in [-0.3, -0.25) is 4.79 Å². The van der Waals surface area contributed by atoms with E-state index in [0.29, 0.717) is 0 Å². The monoisotopic (exact) mass is 397 g/mol. The molecule has 0 aliphatic heterocycles. The summed E-state index contributed by atoms with van der Waals surface area (Å²) in [6.45, 7) is 1.90. The number of nitrogens with one attached hydrogen (secondary N) is 1. The highest BCUT2D eigenvalue weighted by Gasteiger charge is 2.32. The van der Waals surface area contributed by atoms with Crippen LogP contribution in [0, 0.1) is 5.82 Å². The van der Waals surface area contributed by atoms with Crippen molar-refractivity contribution in [1.82, 2.24) is 5.32 Å². The summed E-state index contributed by atoms with van der Waals surface area (Å²) < 4.78 is 37.2. The molecule has 0 atom stereocenters. The summed E-state index contributed by atoms with van der Waals surface area (Å²) in [6.07, 6.45) is 3.63. The van der Waals surface area contributed by atoms with Crippen molar-refractivity contribution >= 4 is 41.6 Å². The highest BCUT2D eigenvalue weighted by molar-refractivity contribution is 9.10. The van der Waals surface area contributed by atoms with Gasteiger partial charge in [-0.2, -0.15) is 0 Å². The predicted octanol–water partition coefficient (Wildman–Crippen LogP) is 3.58. The van der Waals surface area contributed by atoms with E-state index >= 15 is 0 Å². The number of halogens is 3. The fourth-order valence-electron chi connectivity index (χ4n) is 2.53. The summed E-state index contributed by atoms with van der Waals surface area (Å²) in [6, 6.07) is 2.28. The van der Waals surface area contributed by atoms with Gasteiger partial charge in [0.1, 0.15) is 4.90 Å². The molecule has 116 valence electrons. The first kappa shape index (κ1) is 16.7. The van der Waals surface area contributed by atoms with Crippen molar-refractivity contribution in [1.29, 1.82) is 0 Å². The topological polar surface area (TPSA) is 63.2 Å². The lowest BCUT2D eigenvalue weighted by atomic mass is 10.00. The summed E-state index contributed by atoms with van der Waals surface area (Å²) in [7, 11) is 0.923. The molecule has 4 nitrogen and oxygen atoms in total. The Hall–Kier alpha value is -0.660. The van der Waals surface area contributed by atoms with Gasteiger partial charge >= 0.3 is 0 Å². The molecule has 0 bridgehead atoms. The molecule has 0 saturated heterocycles. The van der Waals surface area contributed by atoms with E-state index < -0.39 is 25.7 Å². The number of amides is 1. The summed E-state index contributed by atoms with van der Waals surface area (Å²) in [5.41, 5.74) is -0.719. The van der Waals surface area contributed by atoms with E-state index in [0.717, 1.165) is 31.7 Å². The second-order valence-corrected chi connectivity index (χ2v) is 8.88. The number of carbonyl (C=O) groups excluding carboxylic acids is 1. The molecular weight excluding hydrogens is 385 g/mol. The van der Waals surface area contributed by atoms with Gasteiger partial charge in [-0.05, 0) is 31.9 Å². The van der Waals surface area contributed by atoms with Gasteiger partial charge in [0.05, 0.1) is 5.56 Å². The summed E-state index contributed by atoms with van der Waals surface area (Å²) in [4.78, 5) is 11.5. The van der Waals surface area contributed by atoms with Crippen LogP contribution in [0.5, 0.6) is 0 Å². The average Bonchev–Trinajstić information content (AvgIpc) is 2.76. The largest absolute Gasteiger partial charge is 0.347 e. The second-order valence-electron chi connectivity index (χ2n) is 5.43. The van der Waals surface area contributed by atoms with E-state index in [1.807, 2.05) is 6.92 Å². The average molecular weight is 399 g/mol. The first-order valence-electron chi connectivity index (χ1n) is 6.39. The molecule has 0 spiro atoms. The van der Waals surface area contributed by atoms with Crippen LogP contribution in [0.3, 0.4) is 0 Å². The van der Waals surface area contributed by atoms with Gasteiger partial charge < -0.3 is 5.32 Å². The molecule has 1 aliphatic carbocycles. The lowest BCUT2D eigenvalue weighted by Gasteiger charge is -2.25. The molecule has 0 radical (unpaired) electrons.